The number of hydrogen-bond donors (Lipinski definition) is 0. The zero-order chi connectivity index (χ0) is 32.3. The lowest BCUT2D eigenvalue weighted by molar-refractivity contribution is 0.669. The van der Waals surface area contributed by atoms with Crippen LogP contribution in [0.1, 0.15) is 0 Å². The van der Waals surface area contributed by atoms with E-state index in [-0.39, 0.29) is 0 Å². The average molecular weight is 623 g/mol. The van der Waals surface area contributed by atoms with Crippen molar-refractivity contribution in [1.82, 2.24) is 0 Å². The SMILES string of the molecule is c1ccc(-c2cc(-c3c4ccccc4c(-c4ccc5c(c4)oc4ccc(-c6ccccc6)cc45)c4ccccc34)c3ccccc3c2)cc1. The Morgan fingerprint density at radius 3 is 1.49 bits per heavy atom. The van der Waals surface area contributed by atoms with Gasteiger partial charge in [0.1, 0.15) is 11.2 Å². The molecule has 1 heterocycles. The molecular formula is C48H30O. The third kappa shape index (κ3) is 4.47. The second-order valence-electron chi connectivity index (χ2n) is 12.8. The Balaban J connectivity index is 1.23. The summed E-state index contributed by atoms with van der Waals surface area (Å²) in [7, 11) is 0. The lowest BCUT2D eigenvalue weighted by Gasteiger charge is -2.19. The molecule has 0 radical (unpaired) electrons. The van der Waals surface area contributed by atoms with Gasteiger partial charge in [-0.1, -0.05) is 146 Å². The monoisotopic (exact) mass is 622 g/mol. The molecule has 0 unspecified atom stereocenters. The maximum Gasteiger partial charge on any atom is 0.136 e. The van der Waals surface area contributed by atoms with Gasteiger partial charge in [0.2, 0.25) is 0 Å². The van der Waals surface area contributed by atoms with Gasteiger partial charge in [0.05, 0.1) is 0 Å². The van der Waals surface area contributed by atoms with E-state index in [4.69, 9.17) is 4.42 Å². The van der Waals surface area contributed by atoms with Crippen molar-refractivity contribution in [2.75, 3.05) is 0 Å². The van der Waals surface area contributed by atoms with Crippen molar-refractivity contribution in [1.29, 1.82) is 0 Å². The molecule has 0 aliphatic heterocycles. The van der Waals surface area contributed by atoms with Gasteiger partial charge in [-0.05, 0) is 113 Å². The summed E-state index contributed by atoms with van der Waals surface area (Å²) in [5.74, 6) is 0. The second kappa shape index (κ2) is 11.1. The molecule has 1 heteroatoms. The van der Waals surface area contributed by atoms with Gasteiger partial charge in [-0.25, -0.2) is 0 Å². The molecule has 0 atom stereocenters. The zero-order valence-corrected chi connectivity index (χ0v) is 26.7. The van der Waals surface area contributed by atoms with Gasteiger partial charge in [0.25, 0.3) is 0 Å². The normalized spacial score (nSPS) is 11.7. The highest BCUT2D eigenvalue weighted by atomic mass is 16.3. The van der Waals surface area contributed by atoms with Crippen molar-refractivity contribution in [3.8, 4) is 44.5 Å². The van der Waals surface area contributed by atoms with Gasteiger partial charge < -0.3 is 4.42 Å². The van der Waals surface area contributed by atoms with E-state index < -0.39 is 0 Å². The summed E-state index contributed by atoms with van der Waals surface area (Å²) in [6.07, 6.45) is 0. The van der Waals surface area contributed by atoms with Gasteiger partial charge in [-0.3, -0.25) is 0 Å². The number of furan rings is 1. The van der Waals surface area contributed by atoms with Gasteiger partial charge in [0.15, 0.2) is 0 Å². The fraction of sp³-hybridized carbons (Fsp3) is 0. The summed E-state index contributed by atoms with van der Waals surface area (Å²) in [5.41, 5.74) is 11.5. The maximum absolute atomic E-state index is 6.53. The zero-order valence-electron chi connectivity index (χ0n) is 26.7. The Labute approximate surface area is 284 Å². The van der Waals surface area contributed by atoms with Crippen LogP contribution in [0.4, 0.5) is 0 Å². The van der Waals surface area contributed by atoms with E-state index in [1.165, 1.54) is 71.3 Å². The van der Waals surface area contributed by atoms with Crippen LogP contribution in [0.15, 0.2) is 186 Å². The van der Waals surface area contributed by atoms with Crippen LogP contribution in [0.25, 0.3) is 98.8 Å². The molecule has 0 saturated carbocycles. The molecule has 0 aliphatic carbocycles. The predicted octanol–water partition coefficient (Wildman–Crippen LogP) is 13.7. The van der Waals surface area contributed by atoms with E-state index in [0.29, 0.717) is 0 Å². The lowest BCUT2D eigenvalue weighted by Crippen LogP contribution is -1.92. The minimum absolute atomic E-state index is 0.900. The highest BCUT2D eigenvalue weighted by Gasteiger charge is 2.20. The third-order valence-corrected chi connectivity index (χ3v) is 10.0. The van der Waals surface area contributed by atoms with Crippen LogP contribution in [0.2, 0.25) is 0 Å². The molecule has 1 aromatic heterocycles. The van der Waals surface area contributed by atoms with E-state index >= 15 is 0 Å². The molecule has 10 rings (SSSR count). The topological polar surface area (TPSA) is 13.1 Å². The molecule has 0 spiro atoms. The van der Waals surface area contributed by atoms with Crippen molar-refractivity contribution in [3.63, 3.8) is 0 Å². The van der Waals surface area contributed by atoms with Crippen molar-refractivity contribution >= 4 is 54.3 Å². The summed E-state index contributed by atoms with van der Waals surface area (Å²) < 4.78 is 6.53. The van der Waals surface area contributed by atoms with Crippen molar-refractivity contribution < 1.29 is 4.42 Å². The Bertz CT molecular complexity index is 2800. The standard InChI is InChI=1S/C48H30O/c1-3-13-31(14-4-1)33-24-26-45-43(28-33)38-25-23-35(30-46(38)49-45)47-39-19-9-11-21-41(39)48(42-22-12-10-20-40(42)47)44-29-36(32-15-5-2-6-16-32)27-34-17-7-8-18-37(34)44/h1-30H. The molecular weight excluding hydrogens is 593 g/mol. The largest absolute Gasteiger partial charge is 0.456 e. The van der Waals surface area contributed by atoms with Crippen molar-refractivity contribution in [2.24, 2.45) is 0 Å². The Morgan fingerprint density at radius 2 is 0.816 bits per heavy atom. The molecule has 0 aliphatic rings. The predicted molar refractivity (Wildman–Crippen MR) is 208 cm³/mol. The molecule has 0 fully saturated rings. The van der Waals surface area contributed by atoms with E-state index in [9.17, 15) is 0 Å². The first-order valence-corrected chi connectivity index (χ1v) is 16.8. The lowest BCUT2D eigenvalue weighted by atomic mass is 9.83. The van der Waals surface area contributed by atoms with Crippen LogP contribution in [0, 0.1) is 0 Å². The summed E-state index contributed by atoms with van der Waals surface area (Å²) >= 11 is 0. The molecule has 0 amide bonds. The fourth-order valence-corrected chi connectivity index (χ4v) is 7.79. The Kier molecular flexibility index (Phi) is 6.25. The minimum atomic E-state index is 0.900. The van der Waals surface area contributed by atoms with Crippen LogP contribution in [-0.2, 0) is 0 Å². The molecule has 1 nitrogen and oxygen atoms in total. The molecule has 0 bridgehead atoms. The van der Waals surface area contributed by atoms with E-state index in [1.54, 1.807) is 0 Å². The summed E-state index contributed by atoms with van der Waals surface area (Å²) in [5, 5.41) is 9.70. The number of fused-ring (bicyclic) bond motifs is 6. The van der Waals surface area contributed by atoms with Gasteiger partial charge >= 0.3 is 0 Å². The molecule has 0 saturated heterocycles. The number of hydrogen-bond acceptors (Lipinski definition) is 1. The van der Waals surface area contributed by atoms with Crippen LogP contribution < -0.4 is 0 Å². The quantitative estimate of drug-likeness (QED) is 0.178. The van der Waals surface area contributed by atoms with Gasteiger partial charge in [-0.15, -0.1) is 0 Å². The first-order chi connectivity index (χ1) is 24.3. The number of benzene rings is 9. The fourth-order valence-electron chi connectivity index (χ4n) is 7.79. The summed E-state index contributed by atoms with van der Waals surface area (Å²) in [4.78, 5) is 0. The van der Waals surface area contributed by atoms with Gasteiger partial charge in [-0.2, -0.15) is 0 Å². The highest BCUT2D eigenvalue weighted by Crippen LogP contribution is 2.47. The van der Waals surface area contributed by atoms with Crippen LogP contribution in [0.3, 0.4) is 0 Å². The van der Waals surface area contributed by atoms with Crippen molar-refractivity contribution in [3.05, 3.63) is 182 Å². The van der Waals surface area contributed by atoms with E-state index in [0.717, 1.165) is 27.5 Å². The first-order valence-electron chi connectivity index (χ1n) is 16.8. The summed E-state index contributed by atoms with van der Waals surface area (Å²) in [6.45, 7) is 0. The van der Waals surface area contributed by atoms with Crippen LogP contribution >= 0.6 is 0 Å². The van der Waals surface area contributed by atoms with E-state index in [2.05, 4.69) is 182 Å². The van der Waals surface area contributed by atoms with Gasteiger partial charge in [0, 0.05) is 10.8 Å². The van der Waals surface area contributed by atoms with Crippen molar-refractivity contribution in [2.45, 2.75) is 0 Å². The smallest absolute Gasteiger partial charge is 0.136 e. The Hall–Kier alpha value is -6.44. The minimum Gasteiger partial charge on any atom is -0.456 e. The van der Waals surface area contributed by atoms with Crippen LogP contribution in [-0.4, -0.2) is 0 Å². The van der Waals surface area contributed by atoms with Crippen LogP contribution in [0.5, 0.6) is 0 Å². The maximum atomic E-state index is 6.53. The average Bonchev–Trinajstić information content (AvgIpc) is 3.54. The first kappa shape index (κ1) is 27.7. The molecule has 10 aromatic rings. The van der Waals surface area contributed by atoms with E-state index in [1.807, 2.05) is 0 Å². The number of rotatable bonds is 4. The Morgan fingerprint density at radius 1 is 0.265 bits per heavy atom. The molecule has 49 heavy (non-hydrogen) atoms. The second-order valence-corrected chi connectivity index (χ2v) is 12.8. The highest BCUT2D eigenvalue weighted by molar-refractivity contribution is 6.24. The third-order valence-electron chi connectivity index (χ3n) is 10.0. The molecule has 9 aromatic carbocycles. The molecule has 228 valence electrons. The molecule has 0 N–H and O–H groups in total. The summed E-state index contributed by atoms with van der Waals surface area (Å²) in [6, 6.07) is 65.8.